The summed E-state index contributed by atoms with van der Waals surface area (Å²) in [6.45, 7) is 2.13. The summed E-state index contributed by atoms with van der Waals surface area (Å²) < 4.78 is 6.10. The first kappa shape index (κ1) is 9.21. The summed E-state index contributed by atoms with van der Waals surface area (Å²) in [7, 11) is 0. The molecule has 2 heterocycles. The number of hydrogen-bond donors (Lipinski definition) is 1. The van der Waals surface area contributed by atoms with Gasteiger partial charge in [0.05, 0.1) is 0 Å². The molecule has 2 aromatic rings. The lowest BCUT2D eigenvalue weighted by atomic mass is 10.3. The van der Waals surface area contributed by atoms with E-state index in [1.165, 1.54) is 11.5 Å². The van der Waals surface area contributed by atoms with Gasteiger partial charge in [-0.3, -0.25) is 10.1 Å². The predicted molar refractivity (Wildman–Crippen MR) is 57.4 cm³/mol. The van der Waals surface area contributed by atoms with Gasteiger partial charge in [0.1, 0.15) is 5.82 Å². The van der Waals surface area contributed by atoms with Gasteiger partial charge < -0.3 is 0 Å². The molecule has 0 saturated carbocycles. The first-order valence-electron chi connectivity index (χ1n) is 4.61. The number of hydrogen-bond acceptors (Lipinski definition) is 4. The lowest BCUT2D eigenvalue weighted by molar-refractivity contribution is 0.857. The van der Waals surface area contributed by atoms with Crippen LogP contribution in [0, 0.1) is 0 Å². The van der Waals surface area contributed by atoms with E-state index in [1.807, 2.05) is 29.2 Å². The van der Waals surface area contributed by atoms with Gasteiger partial charge in [0.15, 0.2) is 0 Å². The van der Waals surface area contributed by atoms with Gasteiger partial charge >= 0.3 is 0 Å². The Balaban J connectivity index is 2.03. The quantitative estimate of drug-likeness (QED) is 0.837. The molecule has 0 aliphatic heterocycles. The number of aryl methyl sites for hydroxylation is 1. The minimum absolute atomic E-state index is 0.838. The summed E-state index contributed by atoms with van der Waals surface area (Å²) >= 11 is 1.39. The third-order valence-electron chi connectivity index (χ3n) is 1.77. The molecule has 0 bridgehead atoms. The van der Waals surface area contributed by atoms with E-state index in [0.29, 0.717) is 0 Å². The van der Waals surface area contributed by atoms with Crippen LogP contribution in [0.25, 0.3) is 0 Å². The van der Waals surface area contributed by atoms with Gasteiger partial charge in [-0.2, -0.15) is 4.37 Å². The third kappa shape index (κ3) is 2.11. The van der Waals surface area contributed by atoms with Crippen LogP contribution in [0.1, 0.15) is 19.2 Å². The molecule has 0 unspecified atom stereocenters. The lowest BCUT2D eigenvalue weighted by Gasteiger charge is -2.00. The monoisotopic (exact) mass is 208 g/mol. The zero-order valence-corrected chi connectivity index (χ0v) is 8.79. The maximum Gasteiger partial charge on any atom is 0.221 e. The van der Waals surface area contributed by atoms with Crippen molar-refractivity contribution in [1.82, 2.24) is 14.0 Å². The van der Waals surface area contributed by atoms with Gasteiger partial charge in [0, 0.05) is 30.3 Å². The third-order valence-corrected chi connectivity index (χ3v) is 2.43. The van der Waals surface area contributed by atoms with E-state index in [-0.39, 0.29) is 0 Å². The fraction of sp³-hybridized carbons (Fsp3) is 0.333. The number of nitrogens with zero attached hydrogens (tertiary/aromatic N) is 3. The van der Waals surface area contributed by atoms with Crippen LogP contribution in [0.2, 0.25) is 0 Å². The van der Waals surface area contributed by atoms with Crippen LogP contribution >= 0.6 is 11.5 Å². The molecule has 5 heteroatoms. The molecule has 1 N–H and O–H groups in total. The standard InChI is InChI=1S/C9H12N4S/c1-2-5-8-10-9(14-12-8)11-13-6-3-4-7-13/h3-4,6-7H,2,5H2,1H3,(H,10,11,12). The van der Waals surface area contributed by atoms with Gasteiger partial charge in [-0.1, -0.05) is 6.92 Å². The second-order valence-corrected chi connectivity index (χ2v) is 3.72. The van der Waals surface area contributed by atoms with E-state index < -0.39 is 0 Å². The summed E-state index contributed by atoms with van der Waals surface area (Å²) in [5.74, 6) is 0.923. The molecule has 0 saturated heterocycles. The SMILES string of the molecule is CCCc1nsc(Nn2cccc2)n1. The largest absolute Gasteiger partial charge is 0.269 e. The molecular weight excluding hydrogens is 196 g/mol. The minimum Gasteiger partial charge on any atom is -0.269 e. The van der Waals surface area contributed by atoms with Gasteiger partial charge in [-0.15, -0.1) is 0 Å². The molecule has 0 aliphatic carbocycles. The van der Waals surface area contributed by atoms with Crippen LogP contribution in [-0.4, -0.2) is 14.0 Å². The molecule has 0 amide bonds. The molecule has 0 spiro atoms. The molecule has 0 aliphatic rings. The molecule has 2 rings (SSSR count). The summed E-state index contributed by atoms with van der Waals surface area (Å²) in [4.78, 5) is 4.35. The maximum absolute atomic E-state index is 4.35. The van der Waals surface area contributed by atoms with Crippen molar-refractivity contribution in [2.45, 2.75) is 19.8 Å². The van der Waals surface area contributed by atoms with Crippen molar-refractivity contribution in [1.29, 1.82) is 0 Å². The number of anilines is 1. The molecule has 0 radical (unpaired) electrons. The Labute approximate surface area is 86.7 Å². The van der Waals surface area contributed by atoms with Crippen molar-refractivity contribution in [3.05, 3.63) is 30.4 Å². The maximum atomic E-state index is 4.35. The highest BCUT2D eigenvalue weighted by atomic mass is 32.1. The van der Waals surface area contributed by atoms with Gasteiger partial charge in [-0.05, 0) is 18.6 Å². The minimum atomic E-state index is 0.838. The lowest BCUT2D eigenvalue weighted by Crippen LogP contribution is -2.05. The zero-order valence-electron chi connectivity index (χ0n) is 7.97. The highest BCUT2D eigenvalue weighted by Crippen LogP contribution is 2.12. The van der Waals surface area contributed by atoms with E-state index in [9.17, 15) is 0 Å². The molecule has 0 atom stereocenters. The van der Waals surface area contributed by atoms with Crippen molar-refractivity contribution in [2.75, 3.05) is 5.43 Å². The topological polar surface area (TPSA) is 42.7 Å². The van der Waals surface area contributed by atoms with Crippen LogP contribution in [0.15, 0.2) is 24.5 Å². The van der Waals surface area contributed by atoms with Crippen molar-refractivity contribution < 1.29 is 0 Å². The Morgan fingerprint density at radius 3 is 2.93 bits per heavy atom. The number of nitrogens with one attached hydrogen (secondary N) is 1. The van der Waals surface area contributed by atoms with Crippen LogP contribution in [-0.2, 0) is 6.42 Å². The fourth-order valence-corrected chi connectivity index (χ4v) is 1.76. The van der Waals surface area contributed by atoms with Crippen molar-refractivity contribution in [3.8, 4) is 0 Å². The Hall–Kier alpha value is -1.36. The second kappa shape index (κ2) is 4.23. The first-order chi connectivity index (χ1) is 6.88. The Morgan fingerprint density at radius 2 is 2.21 bits per heavy atom. The van der Waals surface area contributed by atoms with E-state index in [1.54, 1.807) is 0 Å². The van der Waals surface area contributed by atoms with Crippen LogP contribution in [0.4, 0.5) is 5.13 Å². The second-order valence-electron chi connectivity index (χ2n) is 2.97. The Kier molecular flexibility index (Phi) is 2.78. The molecule has 14 heavy (non-hydrogen) atoms. The normalized spacial score (nSPS) is 10.4. The number of aromatic nitrogens is 3. The van der Waals surface area contributed by atoms with Crippen molar-refractivity contribution >= 4 is 16.7 Å². The zero-order chi connectivity index (χ0) is 9.80. The summed E-state index contributed by atoms with van der Waals surface area (Å²) in [5.41, 5.74) is 3.12. The highest BCUT2D eigenvalue weighted by Gasteiger charge is 2.01. The average Bonchev–Trinajstić information content (AvgIpc) is 2.79. The van der Waals surface area contributed by atoms with E-state index in [0.717, 1.165) is 23.8 Å². The molecule has 74 valence electrons. The predicted octanol–water partition coefficient (Wildman–Crippen LogP) is 2.17. The Bertz CT molecular complexity index is 379. The molecular formula is C9H12N4S. The van der Waals surface area contributed by atoms with E-state index >= 15 is 0 Å². The van der Waals surface area contributed by atoms with Crippen molar-refractivity contribution in [2.24, 2.45) is 0 Å². The van der Waals surface area contributed by atoms with Crippen LogP contribution in [0.3, 0.4) is 0 Å². The summed E-state index contributed by atoms with van der Waals surface area (Å²) in [6, 6.07) is 3.92. The number of rotatable bonds is 4. The molecule has 0 aromatic carbocycles. The summed E-state index contributed by atoms with van der Waals surface area (Å²) in [5, 5.41) is 0.838. The molecule has 4 nitrogen and oxygen atoms in total. The van der Waals surface area contributed by atoms with Crippen LogP contribution in [0.5, 0.6) is 0 Å². The Morgan fingerprint density at radius 1 is 1.43 bits per heavy atom. The van der Waals surface area contributed by atoms with E-state index in [4.69, 9.17) is 0 Å². The smallest absolute Gasteiger partial charge is 0.221 e. The van der Waals surface area contributed by atoms with Crippen molar-refractivity contribution in [3.63, 3.8) is 0 Å². The van der Waals surface area contributed by atoms with Gasteiger partial charge in [-0.25, -0.2) is 4.98 Å². The van der Waals surface area contributed by atoms with E-state index in [2.05, 4.69) is 21.7 Å². The summed E-state index contributed by atoms with van der Waals surface area (Å²) in [6.07, 6.45) is 5.89. The van der Waals surface area contributed by atoms with Gasteiger partial charge in [0.2, 0.25) is 5.13 Å². The fourth-order valence-electron chi connectivity index (χ4n) is 1.14. The average molecular weight is 208 g/mol. The first-order valence-corrected chi connectivity index (χ1v) is 5.38. The highest BCUT2D eigenvalue weighted by molar-refractivity contribution is 7.09. The molecule has 0 fully saturated rings. The molecule has 2 aromatic heterocycles. The van der Waals surface area contributed by atoms with Crippen LogP contribution < -0.4 is 5.43 Å². The van der Waals surface area contributed by atoms with Gasteiger partial charge in [0.25, 0.3) is 0 Å².